The van der Waals surface area contributed by atoms with E-state index in [0.29, 0.717) is 12.3 Å². The Morgan fingerprint density at radius 3 is 2.45 bits per heavy atom. The monoisotopic (exact) mass is 302 g/mol. The van der Waals surface area contributed by atoms with Crippen LogP contribution in [0.5, 0.6) is 0 Å². The number of hydrogen-bond acceptors (Lipinski definition) is 4. The Balaban J connectivity index is 1.52. The lowest BCUT2D eigenvalue weighted by atomic mass is 9.89. The fourth-order valence-corrected chi connectivity index (χ4v) is 4.78. The van der Waals surface area contributed by atoms with Crippen LogP contribution in [0.1, 0.15) is 44.9 Å². The van der Waals surface area contributed by atoms with Crippen molar-refractivity contribution in [1.82, 2.24) is 10.6 Å². The standard InChI is InChI=1S/C14H26N2O3S/c17-14(12-5-2-1-3-6-12)16-9-4-8-15-13-7-10-20(18,19)11-13/h12-13,15H,1-11H2,(H,16,17). The third-order valence-electron chi connectivity index (χ3n) is 4.29. The molecule has 1 unspecified atom stereocenters. The predicted octanol–water partition coefficient (Wildman–Crippen LogP) is 0.850. The molecule has 1 atom stereocenters. The maximum Gasteiger partial charge on any atom is 0.223 e. The van der Waals surface area contributed by atoms with Crippen LogP contribution in [0.15, 0.2) is 0 Å². The van der Waals surface area contributed by atoms with E-state index in [1.807, 2.05) is 0 Å². The Hall–Kier alpha value is -0.620. The number of hydrogen-bond donors (Lipinski definition) is 2. The first-order valence-electron chi connectivity index (χ1n) is 7.78. The second kappa shape index (κ2) is 7.41. The van der Waals surface area contributed by atoms with Gasteiger partial charge in [0.15, 0.2) is 9.84 Å². The number of nitrogens with one attached hydrogen (secondary N) is 2. The summed E-state index contributed by atoms with van der Waals surface area (Å²) in [6.45, 7) is 1.45. The van der Waals surface area contributed by atoms with Crippen molar-refractivity contribution in [3.63, 3.8) is 0 Å². The van der Waals surface area contributed by atoms with Crippen molar-refractivity contribution in [2.24, 2.45) is 5.92 Å². The minimum absolute atomic E-state index is 0.106. The Morgan fingerprint density at radius 2 is 1.80 bits per heavy atom. The zero-order valence-corrected chi connectivity index (χ0v) is 12.9. The first-order valence-corrected chi connectivity index (χ1v) is 9.60. The number of rotatable bonds is 6. The van der Waals surface area contributed by atoms with Crippen molar-refractivity contribution in [3.8, 4) is 0 Å². The number of carbonyl (C=O) groups is 1. The molecule has 2 N–H and O–H groups in total. The van der Waals surface area contributed by atoms with Gasteiger partial charge in [-0.25, -0.2) is 8.42 Å². The van der Waals surface area contributed by atoms with E-state index in [-0.39, 0.29) is 23.6 Å². The zero-order valence-electron chi connectivity index (χ0n) is 12.1. The molecule has 1 saturated carbocycles. The summed E-state index contributed by atoms with van der Waals surface area (Å²) in [5.41, 5.74) is 0. The molecule has 0 bridgehead atoms. The van der Waals surface area contributed by atoms with E-state index < -0.39 is 9.84 Å². The summed E-state index contributed by atoms with van der Waals surface area (Å²) >= 11 is 0. The molecule has 0 aromatic rings. The molecule has 0 aromatic carbocycles. The third kappa shape index (κ3) is 5.05. The lowest BCUT2D eigenvalue weighted by Gasteiger charge is -2.20. The lowest BCUT2D eigenvalue weighted by molar-refractivity contribution is -0.125. The van der Waals surface area contributed by atoms with E-state index in [0.717, 1.165) is 32.2 Å². The molecule has 1 amide bonds. The summed E-state index contributed by atoms with van der Waals surface area (Å²) in [5.74, 6) is 0.995. The van der Waals surface area contributed by atoms with Gasteiger partial charge in [0, 0.05) is 18.5 Å². The van der Waals surface area contributed by atoms with Gasteiger partial charge in [0.1, 0.15) is 0 Å². The van der Waals surface area contributed by atoms with Gasteiger partial charge in [-0.3, -0.25) is 4.79 Å². The molecule has 1 aliphatic carbocycles. The smallest absolute Gasteiger partial charge is 0.223 e. The molecule has 1 heterocycles. The highest BCUT2D eigenvalue weighted by Crippen LogP contribution is 2.23. The average molecular weight is 302 g/mol. The summed E-state index contributed by atoms with van der Waals surface area (Å²) in [6.07, 6.45) is 7.25. The van der Waals surface area contributed by atoms with Gasteiger partial charge in [0.05, 0.1) is 11.5 Å². The van der Waals surface area contributed by atoms with Gasteiger partial charge in [-0.1, -0.05) is 19.3 Å². The van der Waals surface area contributed by atoms with Crippen LogP contribution < -0.4 is 10.6 Å². The van der Waals surface area contributed by atoms with Gasteiger partial charge in [0.25, 0.3) is 0 Å². The first-order chi connectivity index (χ1) is 9.57. The summed E-state index contributed by atoms with van der Waals surface area (Å²) in [5, 5.41) is 6.26. The molecule has 0 aromatic heterocycles. The maximum atomic E-state index is 11.9. The average Bonchev–Trinajstić information content (AvgIpc) is 2.78. The molecular weight excluding hydrogens is 276 g/mol. The van der Waals surface area contributed by atoms with Crippen LogP contribution in [-0.2, 0) is 14.6 Å². The van der Waals surface area contributed by atoms with Gasteiger partial charge in [-0.2, -0.15) is 0 Å². The van der Waals surface area contributed by atoms with Crippen molar-refractivity contribution in [2.45, 2.75) is 51.0 Å². The van der Waals surface area contributed by atoms with E-state index in [1.54, 1.807) is 0 Å². The minimum atomic E-state index is -2.80. The molecule has 2 rings (SSSR count). The number of amides is 1. The molecule has 1 aliphatic heterocycles. The Labute approximate surface area is 121 Å². The Kier molecular flexibility index (Phi) is 5.84. The van der Waals surface area contributed by atoms with Crippen LogP contribution in [-0.4, -0.2) is 45.0 Å². The Bertz CT molecular complexity index is 416. The largest absolute Gasteiger partial charge is 0.356 e. The highest BCUT2D eigenvalue weighted by Gasteiger charge is 2.27. The molecule has 20 heavy (non-hydrogen) atoms. The van der Waals surface area contributed by atoms with Crippen LogP contribution in [0.25, 0.3) is 0 Å². The molecule has 2 aliphatic rings. The van der Waals surface area contributed by atoms with E-state index in [1.165, 1.54) is 19.3 Å². The predicted molar refractivity (Wildman–Crippen MR) is 79.3 cm³/mol. The number of sulfone groups is 1. The molecule has 0 spiro atoms. The Morgan fingerprint density at radius 1 is 1.05 bits per heavy atom. The molecular formula is C14H26N2O3S. The van der Waals surface area contributed by atoms with E-state index in [4.69, 9.17) is 0 Å². The fraction of sp³-hybridized carbons (Fsp3) is 0.929. The van der Waals surface area contributed by atoms with Crippen molar-refractivity contribution < 1.29 is 13.2 Å². The van der Waals surface area contributed by atoms with Crippen molar-refractivity contribution >= 4 is 15.7 Å². The zero-order chi connectivity index (χ0) is 14.4. The van der Waals surface area contributed by atoms with Crippen LogP contribution >= 0.6 is 0 Å². The van der Waals surface area contributed by atoms with Gasteiger partial charge in [-0.05, 0) is 32.2 Å². The second-order valence-electron chi connectivity index (χ2n) is 6.03. The third-order valence-corrected chi connectivity index (χ3v) is 6.06. The van der Waals surface area contributed by atoms with Crippen LogP contribution in [0.4, 0.5) is 0 Å². The lowest BCUT2D eigenvalue weighted by Crippen LogP contribution is -2.35. The van der Waals surface area contributed by atoms with Crippen molar-refractivity contribution in [3.05, 3.63) is 0 Å². The van der Waals surface area contributed by atoms with E-state index in [2.05, 4.69) is 10.6 Å². The molecule has 6 heteroatoms. The summed E-state index contributed by atoms with van der Waals surface area (Å²) in [7, 11) is -2.80. The van der Waals surface area contributed by atoms with Crippen LogP contribution in [0.2, 0.25) is 0 Å². The van der Waals surface area contributed by atoms with Crippen molar-refractivity contribution in [2.75, 3.05) is 24.6 Å². The number of carbonyl (C=O) groups excluding carboxylic acids is 1. The maximum absolute atomic E-state index is 11.9. The highest BCUT2D eigenvalue weighted by molar-refractivity contribution is 7.91. The fourth-order valence-electron chi connectivity index (χ4n) is 3.07. The molecule has 1 saturated heterocycles. The van der Waals surface area contributed by atoms with Gasteiger partial charge >= 0.3 is 0 Å². The highest BCUT2D eigenvalue weighted by atomic mass is 32.2. The summed E-state index contributed by atoms with van der Waals surface area (Å²) in [4.78, 5) is 11.9. The normalized spacial score (nSPS) is 26.5. The topological polar surface area (TPSA) is 75.3 Å². The summed E-state index contributed by atoms with van der Waals surface area (Å²) in [6, 6.07) is 0.106. The summed E-state index contributed by atoms with van der Waals surface area (Å²) < 4.78 is 22.6. The van der Waals surface area contributed by atoms with Crippen LogP contribution in [0, 0.1) is 5.92 Å². The van der Waals surface area contributed by atoms with Crippen LogP contribution in [0.3, 0.4) is 0 Å². The quantitative estimate of drug-likeness (QED) is 0.713. The SMILES string of the molecule is O=C(NCCCNC1CCS(=O)(=O)C1)C1CCCCC1. The molecule has 0 radical (unpaired) electrons. The van der Waals surface area contributed by atoms with Gasteiger partial charge in [0.2, 0.25) is 5.91 Å². The molecule has 116 valence electrons. The van der Waals surface area contributed by atoms with Gasteiger partial charge < -0.3 is 10.6 Å². The molecule has 5 nitrogen and oxygen atoms in total. The van der Waals surface area contributed by atoms with E-state index >= 15 is 0 Å². The minimum Gasteiger partial charge on any atom is -0.356 e. The van der Waals surface area contributed by atoms with Crippen molar-refractivity contribution in [1.29, 1.82) is 0 Å². The first kappa shape index (κ1) is 15.8. The van der Waals surface area contributed by atoms with E-state index in [9.17, 15) is 13.2 Å². The second-order valence-corrected chi connectivity index (χ2v) is 8.26. The molecule has 2 fully saturated rings. The van der Waals surface area contributed by atoms with Gasteiger partial charge in [-0.15, -0.1) is 0 Å².